The Morgan fingerprint density at radius 1 is 1.75 bits per heavy atom. The topological polar surface area (TPSA) is 55.1 Å². The number of aliphatic carboxylic acids is 1. The fraction of sp³-hybridized carbons (Fsp3) is 0.143. The van der Waals surface area contributed by atoms with E-state index in [9.17, 15) is 4.79 Å². The van der Waals surface area contributed by atoms with E-state index in [0.29, 0.717) is 5.69 Å². The molecular weight excluding hydrogens is 180 g/mol. The maximum atomic E-state index is 10.1. The molecule has 0 saturated carbocycles. The molecule has 66 valence electrons. The SMILES string of the molecule is Cl.Cn1cnc(C=CC(=O)O)c1. The molecule has 0 unspecified atom stereocenters. The number of hydrogen-bond donors (Lipinski definition) is 1. The highest BCUT2D eigenvalue weighted by Gasteiger charge is 1.91. The summed E-state index contributed by atoms with van der Waals surface area (Å²) in [5.74, 6) is -0.962. The van der Waals surface area contributed by atoms with E-state index in [4.69, 9.17) is 5.11 Å². The van der Waals surface area contributed by atoms with E-state index in [0.717, 1.165) is 6.08 Å². The fourth-order valence-electron chi connectivity index (χ4n) is 0.676. The first-order chi connectivity index (χ1) is 5.18. The van der Waals surface area contributed by atoms with Crippen molar-refractivity contribution >= 4 is 24.5 Å². The zero-order chi connectivity index (χ0) is 8.27. The number of nitrogens with zero attached hydrogens (tertiary/aromatic N) is 2. The first kappa shape index (κ1) is 10.7. The maximum Gasteiger partial charge on any atom is 0.328 e. The Morgan fingerprint density at radius 2 is 2.42 bits per heavy atom. The normalized spacial score (nSPS) is 9.75. The van der Waals surface area contributed by atoms with Crippen molar-refractivity contribution < 1.29 is 9.90 Å². The van der Waals surface area contributed by atoms with Crippen LogP contribution in [0.4, 0.5) is 0 Å². The van der Waals surface area contributed by atoms with Gasteiger partial charge in [0.15, 0.2) is 0 Å². The first-order valence-corrected chi connectivity index (χ1v) is 3.07. The number of carboxylic acids is 1. The van der Waals surface area contributed by atoms with Gasteiger partial charge in [-0.1, -0.05) is 0 Å². The minimum absolute atomic E-state index is 0. The molecule has 0 radical (unpaired) electrons. The zero-order valence-corrected chi connectivity index (χ0v) is 7.28. The Morgan fingerprint density at radius 3 is 2.83 bits per heavy atom. The molecule has 0 aliphatic heterocycles. The highest BCUT2D eigenvalue weighted by atomic mass is 35.5. The second kappa shape index (κ2) is 4.56. The number of aryl methyl sites for hydroxylation is 1. The van der Waals surface area contributed by atoms with Gasteiger partial charge in [0.2, 0.25) is 0 Å². The molecule has 12 heavy (non-hydrogen) atoms. The second-order valence-electron chi connectivity index (χ2n) is 2.14. The molecule has 0 bridgehead atoms. The van der Waals surface area contributed by atoms with E-state index in [2.05, 4.69) is 4.98 Å². The molecular formula is C7H9ClN2O2. The molecule has 5 heteroatoms. The van der Waals surface area contributed by atoms with Crippen LogP contribution in [0.1, 0.15) is 5.69 Å². The molecule has 1 aromatic heterocycles. The number of carboxylic acid groups (broad SMARTS) is 1. The molecule has 1 heterocycles. The third-order valence-corrected chi connectivity index (χ3v) is 1.12. The van der Waals surface area contributed by atoms with Crippen LogP contribution in [0, 0.1) is 0 Å². The molecule has 0 fully saturated rings. The second-order valence-corrected chi connectivity index (χ2v) is 2.14. The van der Waals surface area contributed by atoms with Crippen LogP contribution in [-0.2, 0) is 11.8 Å². The number of carbonyl (C=O) groups is 1. The largest absolute Gasteiger partial charge is 0.478 e. The third-order valence-electron chi connectivity index (χ3n) is 1.12. The minimum Gasteiger partial charge on any atom is -0.478 e. The molecule has 0 spiro atoms. The predicted octanol–water partition coefficient (Wildman–Crippen LogP) is 0.940. The van der Waals surface area contributed by atoms with Gasteiger partial charge in [0, 0.05) is 19.3 Å². The predicted molar refractivity (Wildman–Crippen MR) is 47.1 cm³/mol. The van der Waals surface area contributed by atoms with E-state index in [1.54, 1.807) is 17.1 Å². The van der Waals surface area contributed by atoms with E-state index >= 15 is 0 Å². The molecule has 4 nitrogen and oxygen atoms in total. The standard InChI is InChI=1S/C7H8N2O2.ClH/c1-9-4-6(8-5-9)2-3-7(10)11;/h2-5H,1H3,(H,10,11);1H. The quantitative estimate of drug-likeness (QED) is 0.703. The van der Waals surface area contributed by atoms with Crippen LogP contribution < -0.4 is 0 Å². The van der Waals surface area contributed by atoms with Crippen molar-refractivity contribution in [2.45, 2.75) is 0 Å². The van der Waals surface area contributed by atoms with Gasteiger partial charge in [0.1, 0.15) is 0 Å². The summed E-state index contributed by atoms with van der Waals surface area (Å²) < 4.78 is 1.75. The number of rotatable bonds is 2. The average molecular weight is 189 g/mol. The highest BCUT2D eigenvalue weighted by Crippen LogP contribution is 1.95. The van der Waals surface area contributed by atoms with Crippen LogP contribution in [0.5, 0.6) is 0 Å². The molecule has 0 saturated heterocycles. The maximum absolute atomic E-state index is 10.1. The van der Waals surface area contributed by atoms with Crippen LogP contribution in [-0.4, -0.2) is 20.6 Å². The molecule has 0 amide bonds. The van der Waals surface area contributed by atoms with Gasteiger partial charge in [-0.2, -0.15) is 0 Å². The molecule has 1 aromatic rings. The summed E-state index contributed by atoms with van der Waals surface area (Å²) in [6.45, 7) is 0. The van der Waals surface area contributed by atoms with E-state index in [1.807, 2.05) is 7.05 Å². The van der Waals surface area contributed by atoms with E-state index in [-0.39, 0.29) is 12.4 Å². The summed E-state index contributed by atoms with van der Waals surface area (Å²) in [7, 11) is 1.82. The van der Waals surface area contributed by atoms with E-state index in [1.165, 1.54) is 6.08 Å². The lowest BCUT2D eigenvalue weighted by atomic mass is 10.4. The molecule has 0 aliphatic rings. The first-order valence-electron chi connectivity index (χ1n) is 3.07. The van der Waals surface area contributed by atoms with Crippen molar-refractivity contribution in [2.24, 2.45) is 7.05 Å². The number of hydrogen-bond acceptors (Lipinski definition) is 2. The van der Waals surface area contributed by atoms with Crippen molar-refractivity contribution in [2.75, 3.05) is 0 Å². The molecule has 0 aliphatic carbocycles. The summed E-state index contributed by atoms with van der Waals surface area (Å²) in [5, 5.41) is 8.26. The third kappa shape index (κ3) is 3.21. The van der Waals surface area contributed by atoms with Gasteiger partial charge in [-0.3, -0.25) is 0 Å². The Balaban J connectivity index is 0.00000121. The van der Waals surface area contributed by atoms with Crippen LogP contribution in [0.2, 0.25) is 0 Å². The van der Waals surface area contributed by atoms with Gasteiger partial charge in [-0.15, -0.1) is 12.4 Å². The lowest BCUT2D eigenvalue weighted by Gasteiger charge is -1.81. The minimum atomic E-state index is -0.962. The summed E-state index contributed by atoms with van der Waals surface area (Å²) in [6.07, 6.45) is 5.85. The lowest BCUT2D eigenvalue weighted by Crippen LogP contribution is -1.85. The van der Waals surface area contributed by atoms with Gasteiger partial charge >= 0.3 is 5.97 Å². The monoisotopic (exact) mass is 188 g/mol. The van der Waals surface area contributed by atoms with Gasteiger partial charge in [-0.25, -0.2) is 9.78 Å². The lowest BCUT2D eigenvalue weighted by molar-refractivity contribution is -0.131. The molecule has 1 rings (SSSR count). The van der Waals surface area contributed by atoms with Gasteiger partial charge in [-0.05, 0) is 6.08 Å². The summed E-state index contributed by atoms with van der Waals surface area (Å²) in [6, 6.07) is 0. The molecule has 1 N–H and O–H groups in total. The number of aromatic nitrogens is 2. The number of halogens is 1. The Labute approximate surface area is 75.9 Å². The van der Waals surface area contributed by atoms with Crippen LogP contribution in [0.3, 0.4) is 0 Å². The summed E-state index contributed by atoms with van der Waals surface area (Å²) in [4.78, 5) is 14.0. The van der Waals surface area contributed by atoms with Gasteiger partial charge in [0.05, 0.1) is 12.0 Å². The smallest absolute Gasteiger partial charge is 0.328 e. The van der Waals surface area contributed by atoms with E-state index < -0.39 is 5.97 Å². The van der Waals surface area contributed by atoms with Crippen molar-refractivity contribution in [3.63, 3.8) is 0 Å². The van der Waals surface area contributed by atoms with Crippen LogP contribution in [0.25, 0.3) is 6.08 Å². The molecule has 0 atom stereocenters. The van der Waals surface area contributed by atoms with Crippen LogP contribution in [0.15, 0.2) is 18.6 Å². The van der Waals surface area contributed by atoms with Crippen molar-refractivity contribution in [1.29, 1.82) is 0 Å². The zero-order valence-electron chi connectivity index (χ0n) is 6.47. The summed E-state index contributed by atoms with van der Waals surface area (Å²) >= 11 is 0. The Hall–Kier alpha value is -1.29. The van der Waals surface area contributed by atoms with Crippen LogP contribution >= 0.6 is 12.4 Å². The molecule has 0 aromatic carbocycles. The fourth-order valence-corrected chi connectivity index (χ4v) is 0.676. The highest BCUT2D eigenvalue weighted by molar-refractivity contribution is 5.85. The van der Waals surface area contributed by atoms with Gasteiger partial charge < -0.3 is 9.67 Å². The van der Waals surface area contributed by atoms with Crippen molar-refractivity contribution in [3.05, 3.63) is 24.3 Å². The Bertz CT molecular complexity index is 293. The van der Waals surface area contributed by atoms with Crippen molar-refractivity contribution in [3.8, 4) is 0 Å². The number of imidazole rings is 1. The summed E-state index contributed by atoms with van der Waals surface area (Å²) in [5.41, 5.74) is 0.648. The Kier molecular flexibility index (Phi) is 4.07. The van der Waals surface area contributed by atoms with Crippen molar-refractivity contribution in [1.82, 2.24) is 9.55 Å². The van der Waals surface area contributed by atoms with Gasteiger partial charge in [0.25, 0.3) is 0 Å². The average Bonchev–Trinajstić information content (AvgIpc) is 2.31.